The number of carbonyl (C=O) groups is 2. The minimum Gasteiger partial charge on any atom is -0.480 e. The molecule has 0 aromatic heterocycles. The summed E-state index contributed by atoms with van der Waals surface area (Å²) < 4.78 is 0. The van der Waals surface area contributed by atoms with Crippen molar-refractivity contribution >= 4 is 11.9 Å². The van der Waals surface area contributed by atoms with Gasteiger partial charge in [0.25, 0.3) is 0 Å². The quantitative estimate of drug-likeness (QED) is 0.669. The molecule has 0 heterocycles. The molecule has 17 heavy (non-hydrogen) atoms. The van der Waals surface area contributed by atoms with Crippen LogP contribution in [-0.2, 0) is 9.59 Å². The number of aliphatic carboxylic acids is 1. The smallest absolute Gasteiger partial charge is 0.323 e. The van der Waals surface area contributed by atoms with Crippen LogP contribution >= 0.6 is 0 Å². The van der Waals surface area contributed by atoms with Crippen molar-refractivity contribution in [3.8, 4) is 0 Å². The molecule has 0 rings (SSSR count). The highest BCUT2D eigenvalue weighted by molar-refractivity contribution is 5.81. The fraction of sp³-hybridized carbons (Fsp3) is 0.833. The molecule has 1 atom stereocenters. The lowest BCUT2D eigenvalue weighted by molar-refractivity contribution is -0.145. The van der Waals surface area contributed by atoms with Crippen molar-refractivity contribution in [1.82, 2.24) is 4.90 Å². The number of hydrogen-bond donors (Lipinski definition) is 2. The minimum absolute atomic E-state index is 0.0802. The third-order valence-corrected chi connectivity index (χ3v) is 2.76. The first kappa shape index (κ1) is 15.9. The van der Waals surface area contributed by atoms with Crippen LogP contribution in [-0.4, -0.2) is 41.0 Å². The van der Waals surface area contributed by atoms with E-state index in [1.807, 2.05) is 13.8 Å². The van der Waals surface area contributed by atoms with E-state index in [0.29, 0.717) is 18.9 Å². The monoisotopic (exact) mass is 244 g/mol. The van der Waals surface area contributed by atoms with Crippen molar-refractivity contribution < 1.29 is 14.7 Å². The van der Waals surface area contributed by atoms with Gasteiger partial charge in [-0.2, -0.15) is 0 Å². The van der Waals surface area contributed by atoms with Gasteiger partial charge in [-0.25, -0.2) is 0 Å². The van der Waals surface area contributed by atoms with Crippen LogP contribution in [0.15, 0.2) is 0 Å². The van der Waals surface area contributed by atoms with E-state index < -0.39 is 5.97 Å². The molecular formula is C12H24N2O3. The largest absolute Gasteiger partial charge is 0.480 e. The van der Waals surface area contributed by atoms with Gasteiger partial charge in [0.15, 0.2) is 0 Å². The van der Waals surface area contributed by atoms with E-state index >= 15 is 0 Å². The molecule has 0 radical (unpaired) electrons. The molecule has 1 amide bonds. The Hall–Kier alpha value is -1.10. The molecule has 0 aromatic rings. The Morgan fingerprint density at radius 3 is 2.24 bits per heavy atom. The number of nitrogens with zero attached hydrogens (tertiary/aromatic N) is 1. The minimum atomic E-state index is -0.970. The molecule has 3 N–H and O–H groups in total. The standard InChI is InChI=1S/C12H24N2O3/c1-9(2)14(8-12(16)17)11(15)5-4-10(3)6-7-13/h9-10H,4-8,13H2,1-3H3,(H,16,17). The fourth-order valence-corrected chi connectivity index (χ4v) is 1.65. The Kier molecular flexibility index (Phi) is 7.54. The second-order valence-corrected chi connectivity index (χ2v) is 4.73. The lowest BCUT2D eigenvalue weighted by Crippen LogP contribution is -2.40. The Morgan fingerprint density at radius 2 is 1.82 bits per heavy atom. The highest BCUT2D eigenvalue weighted by atomic mass is 16.4. The van der Waals surface area contributed by atoms with Crippen LogP contribution in [0.2, 0.25) is 0 Å². The summed E-state index contributed by atoms with van der Waals surface area (Å²) in [6, 6.07) is -0.0802. The zero-order chi connectivity index (χ0) is 13.4. The van der Waals surface area contributed by atoms with Gasteiger partial charge < -0.3 is 15.7 Å². The van der Waals surface area contributed by atoms with Crippen LogP contribution in [0.5, 0.6) is 0 Å². The van der Waals surface area contributed by atoms with Crippen molar-refractivity contribution in [3.05, 3.63) is 0 Å². The molecule has 5 heteroatoms. The van der Waals surface area contributed by atoms with Gasteiger partial charge in [0.2, 0.25) is 5.91 Å². The highest BCUT2D eigenvalue weighted by Gasteiger charge is 2.19. The van der Waals surface area contributed by atoms with Crippen molar-refractivity contribution in [2.75, 3.05) is 13.1 Å². The van der Waals surface area contributed by atoms with Crippen LogP contribution in [0.25, 0.3) is 0 Å². The lowest BCUT2D eigenvalue weighted by Gasteiger charge is -2.25. The van der Waals surface area contributed by atoms with E-state index in [1.165, 1.54) is 4.90 Å². The van der Waals surface area contributed by atoms with Crippen LogP contribution in [0.1, 0.15) is 40.0 Å². The van der Waals surface area contributed by atoms with Gasteiger partial charge in [-0.15, -0.1) is 0 Å². The third-order valence-electron chi connectivity index (χ3n) is 2.76. The average Bonchev–Trinajstić information content (AvgIpc) is 2.22. The SMILES string of the molecule is CC(CCN)CCC(=O)N(CC(=O)O)C(C)C. The molecule has 0 aliphatic heterocycles. The first-order valence-electron chi connectivity index (χ1n) is 6.09. The second kappa shape index (κ2) is 8.06. The van der Waals surface area contributed by atoms with Gasteiger partial charge >= 0.3 is 5.97 Å². The zero-order valence-electron chi connectivity index (χ0n) is 11.0. The number of hydrogen-bond acceptors (Lipinski definition) is 3. The Morgan fingerprint density at radius 1 is 1.24 bits per heavy atom. The molecule has 0 saturated heterocycles. The van der Waals surface area contributed by atoms with Gasteiger partial charge in [-0.3, -0.25) is 9.59 Å². The van der Waals surface area contributed by atoms with Crippen molar-refractivity contribution in [1.29, 1.82) is 0 Å². The van der Waals surface area contributed by atoms with Gasteiger partial charge in [0.05, 0.1) is 0 Å². The van der Waals surface area contributed by atoms with Gasteiger partial charge in [0, 0.05) is 12.5 Å². The third kappa shape index (κ3) is 6.94. The van der Waals surface area contributed by atoms with Crippen LogP contribution in [0.4, 0.5) is 0 Å². The molecule has 5 nitrogen and oxygen atoms in total. The summed E-state index contributed by atoms with van der Waals surface area (Å²) in [5, 5.41) is 8.73. The van der Waals surface area contributed by atoms with Crippen molar-refractivity contribution in [2.45, 2.75) is 46.1 Å². The summed E-state index contributed by atoms with van der Waals surface area (Å²) in [4.78, 5) is 23.9. The number of carboxylic acid groups (broad SMARTS) is 1. The Labute approximate surface area is 103 Å². The fourth-order valence-electron chi connectivity index (χ4n) is 1.65. The van der Waals surface area contributed by atoms with E-state index in [-0.39, 0.29) is 18.5 Å². The molecule has 0 bridgehead atoms. The number of rotatable bonds is 8. The maximum Gasteiger partial charge on any atom is 0.323 e. The number of carbonyl (C=O) groups excluding carboxylic acids is 1. The molecule has 0 aliphatic rings. The Bertz CT molecular complexity index is 254. The van der Waals surface area contributed by atoms with E-state index in [2.05, 4.69) is 6.92 Å². The molecule has 100 valence electrons. The molecular weight excluding hydrogens is 220 g/mol. The number of amides is 1. The molecule has 0 saturated carbocycles. The first-order valence-corrected chi connectivity index (χ1v) is 6.09. The summed E-state index contributed by atoms with van der Waals surface area (Å²) in [5.74, 6) is -0.656. The summed E-state index contributed by atoms with van der Waals surface area (Å²) in [6.07, 6.45) is 2.05. The zero-order valence-corrected chi connectivity index (χ0v) is 11.0. The van der Waals surface area contributed by atoms with E-state index in [4.69, 9.17) is 10.8 Å². The first-order chi connectivity index (χ1) is 7.88. The maximum absolute atomic E-state index is 11.9. The molecule has 0 aliphatic carbocycles. The predicted octanol–water partition coefficient (Wildman–Crippen LogP) is 1.07. The van der Waals surface area contributed by atoms with Crippen molar-refractivity contribution in [3.63, 3.8) is 0 Å². The molecule has 1 unspecified atom stereocenters. The van der Waals surface area contributed by atoms with E-state index in [0.717, 1.165) is 12.8 Å². The summed E-state index contributed by atoms with van der Waals surface area (Å²) in [6.45, 7) is 6.10. The summed E-state index contributed by atoms with van der Waals surface area (Å²) in [7, 11) is 0. The topological polar surface area (TPSA) is 83.6 Å². The van der Waals surface area contributed by atoms with Gasteiger partial charge in [0.1, 0.15) is 6.54 Å². The molecule has 0 fully saturated rings. The normalized spacial score (nSPS) is 12.5. The van der Waals surface area contributed by atoms with E-state index in [1.54, 1.807) is 0 Å². The van der Waals surface area contributed by atoms with Crippen LogP contribution < -0.4 is 5.73 Å². The molecule has 0 spiro atoms. The van der Waals surface area contributed by atoms with Crippen molar-refractivity contribution in [2.24, 2.45) is 11.7 Å². The van der Waals surface area contributed by atoms with Gasteiger partial charge in [-0.1, -0.05) is 6.92 Å². The van der Waals surface area contributed by atoms with Crippen LogP contribution in [0, 0.1) is 5.92 Å². The molecule has 0 aromatic carbocycles. The number of nitrogens with two attached hydrogens (primary N) is 1. The summed E-state index contributed by atoms with van der Waals surface area (Å²) >= 11 is 0. The van der Waals surface area contributed by atoms with Crippen LogP contribution in [0.3, 0.4) is 0 Å². The summed E-state index contributed by atoms with van der Waals surface area (Å²) in [5.41, 5.74) is 5.44. The highest BCUT2D eigenvalue weighted by Crippen LogP contribution is 2.12. The maximum atomic E-state index is 11.9. The average molecular weight is 244 g/mol. The van der Waals surface area contributed by atoms with E-state index in [9.17, 15) is 9.59 Å². The predicted molar refractivity (Wildman–Crippen MR) is 66.6 cm³/mol. The van der Waals surface area contributed by atoms with Gasteiger partial charge in [-0.05, 0) is 39.2 Å². The Balaban J connectivity index is 4.19. The number of carboxylic acids is 1. The lowest BCUT2D eigenvalue weighted by atomic mass is 10.0. The second-order valence-electron chi connectivity index (χ2n) is 4.73.